The van der Waals surface area contributed by atoms with Crippen LogP contribution in [0.25, 0.3) is 0 Å². The molecule has 1 amide bonds. The predicted octanol–water partition coefficient (Wildman–Crippen LogP) is 3.96. The monoisotopic (exact) mass is 304 g/mol. The van der Waals surface area contributed by atoms with Crippen LogP contribution < -0.4 is 15.8 Å². The van der Waals surface area contributed by atoms with Crippen molar-refractivity contribution >= 4 is 28.9 Å². The zero-order valence-electron chi connectivity index (χ0n) is 11.7. The third-order valence-electron chi connectivity index (χ3n) is 2.82. The number of rotatable bonds is 5. The van der Waals surface area contributed by atoms with Crippen LogP contribution in [0.5, 0.6) is 5.75 Å². The molecule has 0 atom stereocenters. The van der Waals surface area contributed by atoms with E-state index in [1.165, 1.54) is 0 Å². The maximum Gasteiger partial charge on any atom is 0.257 e. The quantitative estimate of drug-likeness (QED) is 0.822. The number of halogens is 1. The lowest BCUT2D eigenvalue weighted by Gasteiger charge is -2.09. The number of anilines is 2. The Hall–Kier alpha value is -2.20. The summed E-state index contributed by atoms with van der Waals surface area (Å²) in [5.41, 5.74) is 7.18. The Kier molecular flexibility index (Phi) is 5.06. The van der Waals surface area contributed by atoms with Gasteiger partial charge in [0.05, 0.1) is 17.2 Å². The van der Waals surface area contributed by atoms with E-state index in [1.54, 1.807) is 30.3 Å². The van der Waals surface area contributed by atoms with E-state index in [0.717, 1.165) is 12.2 Å². The first-order chi connectivity index (χ1) is 10.1. The number of nitrogens with two attached hydrogens (primary N) is 1. The Morgan fingerprint density at radius 1 is 1.24 bits per heavy atom. The molecule has 0 radical (unpaired) electrons. The third kappa shape index (κ3) is 4.13. The predicted molar refractivity (Wildman–Crippen MR) is 86.0 cm³/mol. The number of amides is 1. The normalized spacial score (nSPS) is 10.2. The summed E-state index contributed by atoms with van der Waals surface area (Å²) in [6, 6.07) is 12.0. The van der Waals surface area contributed by atoms with E-state index < -0.39 is 0 Å². The number of hydrogen-bond acceptors (Lipinski definition) is 3. The van der Waals surface area contributed by atoms with Crippen molar-refractivity contribution in [3.05, 3.63) is 53.1 Å². The van der Waals surface area contributed by atoms with Gasteiger partial charge in [0.25, 0.3) is 5.91 Å². The van der Waals surface area contributed by atoms with Crippen LogP contribution in [-0.4, -0.2) is 12.5 Å². The summed E-state index contributed by atoms with van der Waals surface area (Å²) < 4.78 is 5.48. The minimum Gasteiger partial charge on any atom is -0.494 e. The van der Waals surface area contributed by atoms with Gasteiger partial charge in [0, 0.05) is 11.4 Å². The van der Waals surface area contributed by atoms with Crippen molar-refractivity contribution in [3.63, 3.8) is 0 Å². The largest absolute Gasteiger partial charge is 0.494 e. The van der Waals surface area contributed by atoms with Gasteiger partial charge in [-0.2, -0.15) is 0 Å². The van der Waals surface area contributed by atoms with Crippen LogP contribution >= 0.6 is 11.6 Å². The molecule has 0 heterocycles. The van der Waals surface area contributed by atoms with Crippen molar-refractivity contribution in [3.8, 4) is 5.75 Å². The zero-order valence-corrected chi connectivity index (χ0v) is 12.5. The molecule has 0 aliphatic rings. The van der Waals surface area contributed by atoms with Gasteiger partial charge >= 0.3 is 0 Å². The lowest BCUT2D eigenvalue weighted by molar-refractivity contribution is 0.102. The minimum absolute atomic E-state index is 0.297. The Labute approximate surface area is 128 Å². The van der Waals surface area contributed by atoms with Crippen molar-refractivity contribution in [2.75, 3.05) is 17.7 Å². The molecule has 0 saturated carbocycles. The topological polar surface area (TPSA) is 64.3 Å². The van der Waals surface area contributed by atoms with E-state index >= 15 is 0 Å². The maximum absolute atomic E-state index is 12.2. The number of nitrogen functional groups attached to an aromatic ring is 1. The highest BCUT2D eigenvalue weighted by Gasteiger charge is 2.11. The molecule has 4 nitrogen and oxygen atoms in total. The molecule has 110 valence electrons. The van der Waals surface area contributed by atoms with Crippen LogP contribution in [0.15, 0.2) is 42.5 Å². The highest BCUT2D eigenvalue weighted by Crippen LogP contribution is 2.21. The highest BCUT2D eigenvalue weighted by atomic mass is 35.5. The van der Waals surface area contributed by atoms with Gasteiger partial charge in [0.1, 0.15) is 5.75 Å². The van der Waals surface area contributed by atoms with Crippen molar-refractivity contribution in [2.45, 2.75) is 13.3 Å². The van der Waals surface area contributed by atoms with E-state index in [0.29, 0.717) is 28.6 Å². The summed E-state index contributed by atoms with van der Waals surface area (Å²) in [6.07, 6.45) is 0.951. The molecule has 2 aromatic carbocycles. The Bertz CT molecular complexity index is 627. The summed E-state index contributed by atoms with van der Waals surface area (Å²) in [7, 11) is 0. The van der Waals surface area contributed by atoms with Gasteiger partial charge in [-0.3, -0.25) is 4.79 Å². The van der Waals surface area contributed by atoms with Crippen LogP contribution in [0.2, 0.25) is 5.02 Å². The van der Waals surface area contributed by atoms with Crippen LogP contribution in [0, 0.1) is 0 Å². The van der Waals surface area contributed by atoms with Crippen LogP contribution in [0.3, 0.4) is 0 Å². The van der Waals surface area contributed by atoms with Crippen molar-refractivity contribution in [2.24, 2.45) is 0 Å². The summed E-state index contributed by atoms with van der Waals surface area (Å²) in [4.78, 5) is 12.2. The fourth-order valence-corrected chi connectivity index (χ4v) is 1.97. The summed E-state index contributed by atoms with van der Waals surface area (Å²) in [5.74, 6) is 0.478. The van der Waals surface area contributed by atoms with Gasteiger partial charge in [-0.1, -0.05) is 18.5 Å². The lowest BCUT2D eigenvalue weighted by atomic mass is 10.2. The van der Waals surface area contributed by atoms with Gasteiger partial charge in [-0.25, -0.2) is 0 Å². The molecular formula is C16H17ClN2O2. The minimum atomic E-state index is -0.297. The highest BCUT2D eigenvalue weighted by molar-refractivity contribution is 6.34. The van der Waals surface area contributed by atoms with Crippen molar-refractivity contribution in [1.29, 1.82) is 0 Å². The van der Waals surface area contributed by atoms with E-state index in [4.69, 9.17) is 22.1 Å². The zero-order chi connectivity index (χ0) is 15.2. The number of benzene rings is 2. The fourth-order valence-electron chi connectivity index (χ4n) is 1.77. The van der Waals surface area contributed by atoms with Crippen LogP contribution in [0.4, 0.5) is 11.4 Å². The smallest absolute Gasteiger partial charge is 0.257 e. The summed E-state index contributed by atoms with van der Waals surface area (Å²) in [6.45, 7) is 2.72. The first-order valence-electron chi connectivity index (χ1n) is 6.69. The molecule has 0 fully saturated rings. The number of carbonyl (C=O) groups is 1. The Morgan fingerprint density at radius 2 is 1.95 bits per heavy atom. The molecule has 2 aromatic rings. The second-order valence-electron chi connectivity index (χ2n) is 4.57. The van der Waals surface area contributed by atoms with E-state index in [9.17, 15) is 4.79 Å². The molecular weight excluding hydrogens is 288 g/mol. The lowest BCUT2D eigenvalue weighted by Crippen LogP contribution is -2.12. The van der Waals surface area contributed by atoms with Gasteiger partial charge in [0.15, 0.2) is 0 Å². The van der Waals surface area contributed by atoms with Crippen molar-refractivity contribution in [1.82, 2.24) is 0 Å². The molecule has 0 aliphatic carbocycles. The van der Waals surface area contributed by atoms with Crippen LogP contribution in [0.1, 0.15) is 23.7 Å². The van der Waals surface area contributed by atoms with Gasteiger partial charge in [0.2, 0.25) is 0 Å². The molecule has 0 saturated heterocycles. The summed E-state index contributed by atoms with van der Waals surface area (Å²) >= 11 is 6.00. The van der Waals surface area contributed by atoms with Crippen molar-refractivity contribution < 1.29 is 9.53 Å². The number of carbonyl (C=O) groups excluding carboxylic acids is 1. The number of hydrogen-bond donors (Lipinski definition) is 2. The number of nitrogens with one attached hydrogen (secondary N) is 1. The molecule has 21 heavy (non-hydrogen) atoms. The molecule has 0 aromatic heterocycles. The molecule has 3 N–H and O–H groups in total. The van der Waals surface area contributed by atoms with Gasteiger partial charge < -0.3 is 15.8 Å². The molecule has 5 heteroatoms. The molecule has 2 rings (SSSR count). The average Bonchev–Trinajstić information content (AvgIpc) is 2.49. The van der Waals surface area contributed by atoms with E-state index in [-0.39, 0.29) is 5.91 Å². The SMILES string of the molecule is CCCOc1ccc(NC(=O)c2cc(N)ccc2Cl)cc1. The maximum atomic E-state index is 12.2. The Balaban J connectivity index is 2.07. The van der Waals surface area contributed by atoms with E-state index in [2.05, 4.69) is 5.32 Å². The molecule has 0 bridgehead atoms. The van der Waals surface area contributed by atoms with Gasteiger partial charge in [-0.15, -0.1) is 0 Å². The second kappa shape index (κ2) is 6.99. The average molecular weight is 305 g/mol. The number of ether oxygens (including phenoxy) is 1. The summed E-state index contributed by atoms with van der Waals surface area (Å²) in [5, 5.41) is 3.14. The van der Waals surface area contributed by atoms with Crippen LogP contribution in [-0.2, 0) is 0 Å². The van der Waals surface area contributed by atoms with Gasteiger partial charge in [-0.05, 0) is 48.9 Å². The molecule has 0 spiro atoms. The molecule has 0 aliphatic heterocycles. The molecule has 0 unspecified atom stereocenters. The van der Waals surface area contributed by atoms with E-state index in [1.807, 2.05) is 19.1 Å². The second-order valence-corrected chi connectivity index (χ2v) is 4.97. The Morgan fingerprint density at radius 3 is 2.62 bits per heavy atom. The first-order valence-corrected chi connectivity index (χ1v) is 7.07. The standard InChI is InChI=1S/C16H17ClN2O2/c1-2-9-21-13-6-4-12(5-7-13)19-16(20)14-10-11(18)3-8-15(14)17/h3-8,10H,2,9,18H2,1H3,(H,19,20). The first kappa shape index (κ1) is 15.2. The fraction of sp³-hybridized carbons (Fsp3) is 0.188. The third-order valence-corrected chi connectivity index (χ3v) is 3.15.